The lowest BCUT2D eigenvalue weighted by Crippen LogP contribution is -2.48. The van der Waals surface area contributed by atoms with Gasteiger partial charge in [0.05, 0.1) is 16.1 Å². The van der Waals surface area contributed by atoms with Crippen LogP contribution in [0.4, 0.5) is 0 Å². The van der Waals surface area contributed by atoms with E-state index in [0.29, 0.717) is 24.2 Å². The Morgan fingerprint density at radius 2 is 2.15 bits per heavy atom. The van der Waals surface area contributed by atoms with Gasteiger partial charge in [0.15, 0.2) is 0 Å². The molecule has 0 spiro atoms. The van der Waals surface area contributed by atoms with Crippen molar-refractivity contribution in [1.29, 1.82) is 0 Å². The molecule has 0 bridgehead atoms. The van der Waals surface area contributed by atoms with E-state index in [2.05, 4.69) is 9.97 Å². The summed E-state index contributed by atoms with van der Waals surface area (Å²) in [5, 5.41) is 0.167. The van der Waals surface area contributed by atoms with E-state index in [9.17, 15) is 9.59 Å². The van der Waals surface area contributed by atoms with E-state index in [1.54, 1.807) is 24.1 Å². The zero-order chi connectivity index (χ0) is 19.1. The number of nitrogens with zero attached hydrogens (tertiary/aromatic N) is 3. The van der Waals surface area contributed by atoms with E-state index < -0.39 is 17.6 Å². The van der Waals surface area contributed by atoms with Crippen LogP contribution < -0.4 is 0 Å². The molecular weight excluding hydrogens is 374 g/mol. The Hall–Kier alpha value is -1.99. The average molecular weight is 394 g/mol. The van der Waals surface area contributed by atoms with Crippen molar-refractivity contribution in [1.82, 2.24) is 14.9 Å². The first kappa shape index (κ1) is 18.8. The van der Waals surface area contributed by atoms with Crippen molar-refractivity contribution in [3.05, 3.63) is 34.1 Å². The van der Waals surface area contributed by atoms with Crippen molar-refractivity contribution in [2.24, 2.45) is 0 Å². The predicted octanol–water partition coefficient (Wildman–Crippen LogP) is 3.59. The number of thiophene rings is 1. The number of ether oxygens (including phenoxy) is 1. The fraction of sp³-hybridized carbons (Fsp3) is 0.444. The minimum Gasteiger partial charge on any atom is -0.458 e. The fourth-order valence-corrected chi connectivity index (χ4v) is 4.01. The fourth-order valence-electron chi connectivity index (χ4n) is 2.76. The summed E-state index contributed by atoms with van der Waals surface area (Å²) in [5.74, 6) is -0.556. The highest BCUT2D eigenvalue weighted by Crippen LogP contribution is 2.34. The molecule has 6 nitrogen and oxygen atoms in total. The van der Waals surface area contributed by atoms with Crippen molar-refractivity contribution >= 4 is 34.8 Å². The third-order valence-electron chi connectivity index (χ3n) is 3.97. The maximum absolute atomic E-state index is 12.9. The maximum atomic E-state index is 12.9. The Morgan fingerprint density at radius 3 is 2.81 bits per heavy atom. The highest BCUT2D eigenvalue weighted by Gasteiger charge is 2.35. The van der Waals surface area contributed by atoms with Gasteiger partial charge in [-0.05, 0) is 51.4 Å². The number of amides is 1. The van der Waals surface area contributed by atoms with Crippen LogP contribution >= 0.6 is 22.9 Å². The molecule has 138 valence electrons. The zero-order valence-electron chi connectivity index (χ0n) is 15.1. The van der Waals surface area contributed by atoms with Crippen LogP contribution in [-0.4, -0.2) is 44.9 Å². The van der Waals surface area contributed by atoms with Crippen LogP contribution in [-0.2, 0) is 16.0 Å². The maximum Gasteiger partial charge on any atom is 0.329 e. The normalized spacial score (nSPS) is 15.6. The van der Waals surface area contributed by atoms with E-state index in [0.717, 1.165) is 9.75 Å². The van der Waals surface area contributed by atoms with Gasteiger partial charge in [-0.2, -0.15) is 0 Å². The molecule has 0 saturated heterocycles. The van der Waals surface area contributed by atoms with Crippen LogP contribution in [0.1, 0.15) is 42.9 Å². The first-order valence-corrected chi connectivity index (χ1v) is 9.50. The lowest BCUT2D eigenvalue weighted by molar-refractivity contribution is -0.159. The van der Waals surface area contributed by atoms with Crippen LogP contribution in [0.5, 0.6) is 0 Å². The minimum absolute atomic E-state index is 0.160. The Labute approximate surface area is 161 Å². The molecular formula is C18H20ClN3O3S. The van der Waals surface area contributed by atoms with E-state index in [-0.39, 0.29) is 11.2 Å². The molecule has 8 heteroatoms. The molecule has 0 unspecified atom stereocenters. The number of fused-ring (bicyclic) bond motifs is 1. The first-order valence-electron chi connectivity index (χ1n) is 8.31. The van der Waals surface area contributed by atoms with Gasteiger partial charge in [0.1, 0.15) is 11.6 Å². The van der Waals surface area contributed by atoms with E-state index >= 15 is 0 Å². The molecule has 0 saturated carbocycles. The second-order valence-electron chi connectivity index (χ2n) is 7.12. The van der Waals surface area contributed by atoms with Crippen molar-refractivity contribution in [2.75, 3.05) is 6.54 Å². The van der Waals surface area contributed by atoms with Crippen LogP contribution in [0, 0.1) is 0 Å². The number of hydrogen-bond acceptors (Lipinski definition) is 6. The molecule has 0 aliphatic carbocycles. The average Bonchev–Trinajstić information content (AvgIpc) is 2.98. The van der Waals surface area contributed by atoms with Crippen molar-refractivity contribution in [3.63, 3.8) is 0 Å². The van der Waals surface area contributed by atoms with Crippen molar-refractivity contribution in [2.45, 2.75) is 45.8 Å². The molecule has 1 aliphatic rings. The Kier molecular flexibility index (Phi) is 5.03. The van der Waals surface area contributed by atoms with Gasteiger partial charge in [0, 0.05) is 24.0 Å². The molecule has 3 rings (SSSR count). The van der Waals surface area contributed by atoms with Gasteiger partial charge in [0.2, 0.25) is 5.28 Å². The number of rotatable bonds is 3. The molecule has 0 radical (unpaired) electrons. The number of aromatic nitrogens is 2. The summed E-state index contributed by atoms with van der Waals surface area (Å²) < 4.78 is 5.41. The van der Waals surface area contributed by atoms with Crippen LogP contribution in [0.3, 0.4) is 0 Å². The Morgan fingerprint density at radius 1 is 1.42 bits per heavy atom. The molecule has 0 aromatic carbocycles. The second kappa shape index (κ2) is 6.96. The van der Waals surface area contributed by atoms with Crippen molar-refractivity contribution in [3.8, 4) is 10.6 Å². The summed E-state index contributed by atoms with van der Waals surface area (Å²) >= 11 is 7.38. The molecule has 0 N–H and O–H groups in total. The van der Waals surface area contributed by atoms with Gasteiger partial charge in [0.25, 0.3) is 5.91 Å². The van der Waals surface area contributed by atoms with Crippen LogP contribution in [0.25, 0.3) is 10.6 Å². The van der Waals surface area contributed by atoms with Crippen LogP contribution in [0.15, 0.2) is 18.3 Å². The molecule has 1 aliphatic heterocycles. The molecule has 3 heterocycles. The van der Waals surface area contributed by atoms with Gasteiger partial charge in [-0.1, -0.05) is 0 Å². The summed E-state index contributed by atoms with van der Waals surface area (Å²) in [5.41, 5.74) is 0.710. The lowest BCUT2D eigenvalue weighted by Gasteiger charge is -2.32. The van der Waals surface area contributed by atoms with E-state index in [4.69, 9.17) is 16.3 Å². The summed E-state index contributed by atoms with van der Waals surface area (Å²) in [7, 11) is 0. The number of carbonyl (C=O) groups excluding carboxylic acids is 2. The number of carbonyl (C=O) groups is 2. The summed E-state index contributed by atoms with van der Waals surface area (Å²) in [6.45, 7) is 7.62. The third-order valence-corrected chi connectivity index (χ3v) is 5.37. The van der Waals surface area contributed by atoms with E-state index in [1.807, 2.05) is 26.8 Å². The molecule has 1 atom stereocenters. The monoisotopic (exact) mass is 393 g/mol. The van der Waals surface area contributed by atoms with Gasteiger partial charge < -0.3 is 9.64 Å². The third kappa shape index (κ3) is 3.88. The summed E-state index contributed by atoms with van der Waals surface area (Å²) in [6, 6.07) is 2.94. The quantitative estimate of drug-likeness (QED) is 0.588. The standard InChI is InChI=1S/C18H20ClN3O3S/c1-10(16(24)25-18(2,3)4)22-8-6-13-11(15(22)23)9-14(26-13)12-5-7-20-17(19)21-12/h5,7,9-10H,6,8H2,1-4H3/t10-/m1/s1. The minimum atomic E-state index is -0.633. The first-order chi connectivity index (χ1) is 12.2. The highest BCUT2D eigenvalue weighted by atomic mass is 35.5. The number of halogens is 1. The zero-order valence-corrected chi connectivity index (χ0v) is 16.6. The second-order valence-corrected chi connectivity index (χ2v) is 8.59. The van der Waals surface area contributed by atoms with Gasteiger partial charge in [-0.3, -0.25) is 4.79 Å². The molecule has 1 amide bonds. The highest BCUT2D eigenvalue weighted by molar-refractivity contribution is 7.15. The molecule has 2 aromatic rings. The molecule has 26 heavy (non-hydrogen) atoms. The number of hydrogen-bond donors (Lipinski definition) is 0. The topological polar surface area (TPSA) is 72.4 Å². The van der Waals surface area contributed by atoms with Gasteiger partial charge in [-0.25, -0.2) is 14.8 Å². The van der Waals surface area contributed by atoms with Crippen molar-refractivity contribution < 1.29 is 14.3 Å². The summed E-state index contributed by atoms with van der Waals surface area (Å²) in [4.78, 5) is 36.7. The van der Waals surface area contributed by atoms with Crippen LogP contribution in [0.2, 0.25) is 5.28 Å². The smallest absolute Gasteiger partial charge is 0.329 e. The van der Waals surface area contributed by atoms with E-state index in [1.165, 1.54) is 11.3 Å². The summed E-state index contributed by atoms with van der Waals surface area (Å²) in [6.07, 6.45) is 2.28. The largest absolute Gasteiger partial charge is 0.458 e. The molecule has 0 fully saturated rings. The van der Waals surface area contributed by atoms with Gasteiger partial charge in [-0.15, -0.1) is 11.3 Å². The lowest BCUT2D eigenvalue weighted by atomic mass is 10.1. The predicted molar refractivity (Wildman–Crippen MR) is 100 cm³/mol. The molecule has 2 aromatic heterocycles. The Balaban J connectivity index is 1.83. The Bertz CT molecular complexity index is 860. The SMILES string of the molecule is C[C@H](C(=O)OC(C)(C)C)N1CCc2sc(-c3ccnc(Cl)n3)cc2C1=O. The van der Waals surface area contributed by atoms with Gasteiger partial charge >= 0.3 is 5.97 Å². The number of esters is 1.